The number of aromatic nitrogens is 3. The van der Waals surface area contributed by atoms with E-state index in [0.717, 1.165) is 38.4 Å². The summed E-state index contributed by atoms with van der Waals surface area (Å²) in [7, 11) is 3.58. The van der Waals surface area contributed by atoms with Gasteiger partial charge in [-0.05, 0) is 13.5 Å². The zero-order valence-corrected chi connectivity index (χ0v) is 9.98. The zero-order valence-electron chi connectivity index (χ0n) is 9.98. The van der Waals surface area contributed by atoms with E-state index in [1.807, 2.05) is 13.2 Å². The van der Waals surface area contributed by atoms with Gasteiger partial charge in [0.25, 0.3) is 0 Å². The molecule has 16 heavy (non-hydrogen) atoms. The lowest BCUT2D eigenvalue weighted by Gasteiger charge is -2.03. The maximum Gasteiger partial charge on any atom is 0.0964 e. The van der Waals surface area contributed by atoms with Crippen LogP contribution in [0.25, 0.3) is 0 Å². The molecule has 0 amide bonds. The maximum atomic E-state index is 5.42. The summed E-state index contributed by atoms with van der Waals surface area (Å²) in [6.07, 6.45) is 2.86. The third-order valence-electron chi connectivity index (χ3n) is 2.05. The van der Waals surface area contributed by atoms with Crippen LogP contribution in [0.1, 0.15) is 12.1 Å². The molecule has 0 spiro atoms. The number of nitrogens with zero attached hydrogens (tertiary/aromatic N) is 3. The molecule has 0 fully saturated rings. The molecule has 92 valence electrons. The molecule has 1 heterocycles. The second-order valence-corrected chi connectivity index (χ2v) is 3.46. The average Bonchev–Trinajstić information content (AvgIpc) is 2.72. The molecule has 1 aromatic heterocycles. The molecule has 0 bridgehead atoms. The second kappa shape index (κ2) is 8.20. The molecule has 1 N–H and O–H groups in total. The van der Waals surface area contributed by atoms with E-state index in [-0.39, 0.29) is 0 Å². The van der Waals surface area contributed by atoms with E-state index in [2.05, 4.69) is 15.6 Å². The summed E-state index contributed by atoms with van der Waals surface area (Å²) in [5, 5.41) is 11.0. The van der Waals surface area contributed by atoms with Crippen LogP contribution in [-0.2, 0) is 22.6 Å². The highest BCUT2D eigenvalue weighted by Crippen LogP contribution is 1.92. The third-order valence-corrected chi connectivity index (χ3v) is 2.05. The first-order valence-electron chi connectivity index (χ1n) is 5.47. The van der Waals surface area contributed by atoms with Gasteiger partial charge in [-0.15, -0.1) is 5.10 Å². The number of nitrogens with one attached hydrogen (secondary N) is 1. The monoisotopic (exact) mass is 228 g/mol. The topological polar surface area (TPSA) is 61.2 Å². The van der Waals surface area contributed by atoms with Gasteiger partial charge in [-0.1, -0.05) is 5.21 Å². The largest absolute Gasteiger partial charge is 0.385 e. The van der Waals surface area contributed by atoms with Crippen LogP contribution in [-0.4, -0.2) is 49.0 Å². The van der Waals surface area contributed by atoms with Crippen molar-refractivity contribution >= 4 is 0 Å². The Kier molecular flexibility index (Phi) is 6.71. The molecule has 0 saturated heterocycles. The highest BCUT2D eigenvalue weighted by molar-refractivity contribution is 4.90. The number of methoxy groups -OCH3 is 1. The summed E-state index contributed by atoms with van der Waals surface area (Å²) >= 11 is 0. The quantitative estimate of drug-likeness (QED) is 0.605. The Hall–Kier alpha value is -0.980. The van der Waals surface area contributed by atoms with Gasteiger partial charge in [0, 0.05) is 33.1 Å². The second-order valence-electron chi connectivity index (χ2n) is 3.46. The van der Waals surface area contributed by atoms with Crippen LogP contribution in [0.5, 0.6) is 0 Å². The number of rotatable bonds is 9. The fourth-order valence-corrected chi connectivity index (χ4v) is 1.28. The van der Waals surface area contributed by atoms with Crippen molar-refractivity contribution in [2.75, 3.05) is 34.0 Å². The molecule has 0 unspecified atom stereocenters. The Labute approximate surface area is 95.9 Å². The Bertz CT molecular complexity index is 278. The molecule has 0 saturated carbocycles. The molecule has 0 aliphatic heterocycles. The van der Waals surface area contributed by atoms with E-state index >= 15 is 0 Å². The first-order valence-corrected chi connectivity index (χ1v) is 5.47. The minimum absolute atomic E-state index is 0.659. The van der Waals surface area contributed by atoms with E-state index in [0.29, 0.717) is 6.61 Å². The smallest absolute Gasteiger partial charge is 0.0964 e. The first-order chi connectivity index (χ1) is 7.86. The van der Waals surface area contributed by atoms with Crippen molar-refractivity contribution in [2.24, 2.45) is 0 Å². The van der Waals surface area contributed by atoms with Crippen LogP contribution in [0.3, 0.4) is 0 Å². The predicted octanol–water partition coefficient (Wildman–Crippen LogP) is 0.0506. The highest BCUT2D eigenvalue weighted by Gasteiger charge is 1.98. The summed E-state index contributed by atoms with van der Waals surface area (Å²) in [6.45, 7) is 3.62. The summed E-state index contributed by atoms with van der Waals surface area (Å²) in [5.74, 6) is 0. The minimum Gasteiger partial charge on any atom is -0.385 e. The van der Waals surface area contributed by atoms with Crippen LogP contribution in [0.4, 0.5) is 0 Å². The van der Waals surface area contributed by atoms with Gasteiger partial charge in [0.15, 0.2) is 0 Å². The van der Waals surface area contributed by atoms with Gasteiger partial charge in [0.05, 0.1) is 18.8 Å². The fourth-order valence-electron chi connectivity index (χ4n) is 1.28. The van der Waals surface area contributed by atoms with Crippen LogP contribution in [0.2, 0.25) is 0 Å². The standard InChI is InChI=1S/C10H20N4O2/c1-11-8-10-9-14(13-12-10)4-7-16-6-3-5-15-2/h9,11H,3-8H2,1-2H3. The maximum absolute atomic E-state index is 5.42. The van der Waals surface area contributed by atoms with Gasteiger partial charge in [0.1, 0.15) is 0 Å². The summed E-state index contributed by atoms with van der Waals surface area (Å²) in [4.78, 5) is 0. The highest BCUT2D eigenvalue weighted by atomic mass is 16.5. The molecule has 1 rings (SSSR count). The van der Waals surface area contributed by atoms with Crippen molar-refractivity contribution in [3.05, 3.63) is 11.9 Å². The van der Waals surface area contributed by atoms with Crippen molar-refractivity contribution in [3.8, 4) is 0 Å². The van der Waals surface area contributed by atoms with Gasteiger partial charge < -0.3 is 14.8 Å². The molecule has 6 nitrogen and oxygen atoms in total. The van der Waals surface area contributed by atoms with Gasteiger partial charge in [-0.3, -0.25) is 0 Å². The number of hydrogen-bond donors (Lipinski definition) is 1. The van der Waals surface area contributed by atoms with Crippen LogP contribution in [0, 0.1) is 0 Å². The van der Waals surface area contributed by atoms with Gasteiger partial charge >= 0.3 is 0 Å². The molecule has 1 aromatic rings. The number of ether oxygens (including phenoxy) is 2. The molecule has 6 heteroatoms. The van der Waals surface area contributed by atoms with Crippen molar-refractivity contribution in [2.45, 2.75) is 19.5 Å². The molecule has 0 aromatic carbocycles. The number of hydrogen-bond acceptors (Lipinski definition) is 5. The average molecular weight is 228 g/mol. The van der Waals surface area contributed by atoms with Crippen molar-refractivity contribution < 1.29 is 9.47 Å². The fraction of sp³-hybridized carbons (Fsp3) is 0.800. The lowest BCUT2D eigenvalue weighted by atomic mass is 10.5. The Morgan fingerprint density at radius 1 is 1.38 bits per heavy atom. The Morgan fingerprint density at radius 3 is 3.00 bits per heavy atom. The van der Waals surface area contributed by atoms with E-state index in [1.54, 1.807) is 11.8 Å². The molecule has 0 atom stereocenters. The van der Waals surface area contributed by atoms with Crippen molar-refractivity contribution in [3.63, 3.8) is 0 Å². The zero-order chi connectivity index (χ0) is 11.6. The first kappa shape index (κ1) is 13.1. The van der Waals surface area contributed by atoms with Crippen molar-refractivity contribution in [1.29, 1.82) is 0 Å². The lowest BCUT2D eigenvalue weighted by Crippen LogP contribution is -2.08. The Morgan fingerprint density at radius 2 is 2.25 bits per heavy atom. The van der Waals surface area contributed by atoms with Crippen molar-refractivity contribution in [1.82, 2.24) is 20.3 Å². The van der Waals surface area contributed by atoms with E-state index in [4.69, 9.17) is 9.47 Å². The van der Waals surface area contributed by atoms with Gasteiger partial charge in [0.2, 0.25) is 0 Å². The molecular formula is C10H20N4O2. The van der Waals surface area contributed by atoms with E-state index < -0.39 is 0 Å². The van der Waals surface area contributed by atoms with E-state index in [1.165, 1.54) is 0 Å². The van der Waals surface area contributed by atoms with Gasteiger partial charge in [-0.25, -0.2) is 4.68 Å². The minimum atomic E-state index is 0.659. The van der Waals surface area contributed by atoms with Crippen LogP contribution >= 0.6 is 0 Å². The van der Waals surface area contributed by atoms with Crippen LogP contribution in [0.15, 0.2) is 6.20 Å². The Balaban J connectivity index is 2.07. The van der Waals surface area contributed by atoms with Gasteiger partial charge in [-0.2, -0.15) is 0 Å². The summed E-state index contributed by atoms with van der Waals surface area (Å²) in [6, 6.07) is 0. The summed E-state index contributed by atoms with van der Waals surface area (Å²) < 4.78 is 12.1. The molecule has 0 aliphatic rings. The molecular weight excluding hydrogens is 208 g/mol. The SMILES string of the molecule is CNCc1cn(CCOCCCOC)nn1. The molecule has 0 radical (unpaired) electrons. The summed E-state index contributed by atoms with van der Waals surface area (Å²) in [5.41, 5.74) is 0.946. The molecule has 0 aliphatic carbocycles. The van der Waals surface area contributed by atoms with Crippen LogP contribution < -0.4 is 5.32 Å². The predicted molar refractivity (Wildman–Crippen MR) is 60.1 cm³/mol. The normalized spacial score (nSPS) is 10.9. The van der Waals surface area contributed by atoms with E-state index in [9.17, 15) is 0 Å². The lowest BCUT2D eigenvalue weighted by molar-refractivity contribution is 0.0958. The third kappa shape index (κ3) is 5.20.